The van der Waals surface area contributed by atoms with Crippen LogP contribution in [-0.2, 0) is 0 Å². The van der Waals surface area contributed by atoms with Gasteiger partial charge in [0.1, 0.15) is 4.47 Å². The maximum absolute atomic E-state index is 11.4. The Labute approximate surface area is 93.5 Å². The average Bonchev–Trinajstić information content (AvgIpc) is 2.56. The van der Waals surface area contributed by atoms with Gasteiger partial charge in [0.25, 0.3) is 5.91 Å². The summed E-state index contributed by atoms with van der Waals surface area (Å²) >= 11 is 2.95. The van der Waals surface area contributed by atoms with E-state index < -0.39 is 10.8 Å². The standard InChI is InChI=1S/C7H9BrN4O3/c1-2-3-9-7(13)5-4(8)6(11-10-5)12(14)15/h2-3H2,1H3,(H,9,13)(H,10,11). The third-order valence-corrected chi connectivity index (χ3v) is 2.37. The smallest absolute Gasteiger partial charge is 0.357 e. The number of H-pyrrole nitrogens is 1. The van der Waals surface area contributed by atoms with Crippen molar-refractivity contribution in [2.45, 2.75) is 13.3 Å². The fourth-order valence-electron chi connectivity index (χ4n) is 0.913. The van der Waals surface area contributed by atoms with Gasteiger partial charge < -0.3 is 15.4 Å². The van der Waals surface area contributed by atoms with Crippen molar-refractivity contribution in [3.05, 3.63) is 20.3 Å². The first-order chi connectivity index (χ1) is 7.07. The van der Waals surface area contributed by atoms with Crippen LogP contribution >= 0.6 is 15.9 Å². The fourth-order valence-corrected chi connectivity index (χ4v) is 1.41. The molecule has 1 aromatic rings. The number of aromatic nitrogens is 2. The average molecular weight is 277 g/mol. The molecular weight excluding hydrogens is 268 g/mol. The molecule has 1 amide bonds. The molecule has 1 aromatic heterocycles. The molecule has 0 spiro atoms. The number of rotatable bonds is 4. The SMILES string of the molecule is CCCNC(=O)c1n[nH]c([N+](=O)[O-])c1Br. The second kappa shape index (κ2) is 4.87. The van der Waals surface area contributed by atoms with E-state index in [4.69, 9.17) is 0 Å². The summed E-state index contributed by atoms with van der Waals surface area (Å²) in [6, 6.07) is 0. The first-order valence-electron chi connectivity index (χ1n) is 4.24. The quantitative estimate of drug-likeness (QED) is 0.638. The van der Waals surface area contributed by atoms with Crippen LogP contribution in [0.25, 0.3) is 0 Å². The Balaban J connectivity index is 2.86. The molecule has 0 fully saturated rings. The van der Waals surface area contributed by atoms with Gasteiger partial charge in [0.15, 0.2) is 5.69 Å². The van der Waals surface area contributed by atoms with Gasteiger partial charge in [-0.3, -0.25) is 4.79 Å². The second-order valence-electron chi connectivity index (χ2n) is 2.75. The molecule has 8 heteroatoms. The number of hydrogen-bond donors (Lipinski definition) is 2. The van der Waals surface area contributed by atoms with Crippen LogP contribution < -0.4 is 5.32 Å². The molecule has 1 heterocycles. The van der Waals surface area contributed by atoms with E-state index in [1.165, 1.54) is 0 Å². The van der Waals surface area contributed by atoms with Gasteiger partial charge >= 0.3 is 5.82 Å². The van der Waals surface area contributed by atoms with Crippen molar-refractivity contribution in [3.63, 3.8) is 0 Å². The summed E-state index contributed by atoms with van der Waals surface area (Å²) in [5.74, 6) is -0.760. The molecule has 1 rings (SSSR count). The highest BCUT2D eigenvalue weighted by Crippen LogP contribution is 2.25. The van der Waals surface area contributed by atoms with Crippen LogP contribution in [-0.4, -0.2) is 27.6 Å². The zero-order valence-electron chi connectivity index (χ0n) is 7.91. The van der Waals surface area contributed by atoms with E-state index in [-0.39, 0.29) is 16.0 Å². The Morgan fingerprint density at radius 2 is 2.40 bits per heavy atom. The minimum atomic E-state index is -0.645. The van der Waals surface area contributed by atoms with Crippen LogP contribution in [0.15, 0.2) is 4.47 Å². The van der Waals surface area contributed by atoms with E-state index in [2.05, 4.69) is 31.4 Å². The predicted octanol–water partition coefficient (Wildman–Crippen LogP) is 1.22. The molecule has 0 unspecified atom stereocenters. The van der Waals surface area contributed by atoms with Crippen molar-refractivity contribution >= 4 is 27.7 Å². The van der Waals surface area contributed by atoms with Crippen molar-refractivity contribution in [2.75, 3.05) is 6.54 Å². The molecule has 2 N–H and O–H groups in total. The summed E-state index contributed by atoms with van der Waals surface area (Å²) in [7, 11) is 0. The molecule has 0 aliphatic rings. The summed E-state index contributed by atoms with van der Waals surface area (Å²) in [6.45, 7) is 2.41. The molecule has 0 aliphatic heterocycles. The molecule has 0 saturated carbocycles. The molecule has 0 saturated heterocycles. The highest BCUT2D eigenvalue weighted by atomic mass is 79.9. The summed E-state index contributed by atoms with van der Waals surface area (Å²) in [6.07, 6.45) is 0.788. The molecule has 0 aromatic carbocycles. The fraction of sp³-hybridized carbons (Fsp3) is 0.429. The van der Waals surface area contributed by atoms with Gasteiger partial charge in [-0.15, -0.1) is 5.10 Å². The summed E-state index contributed by atoms with van der Waals surface area (Å²) in [4.78, 5) is 21.2. The summed E-state index contributed by atoms with van der Waals surface area (Å²) in [5, 5.41) is 18.8. The van der Waals surface area contributed by atoms with Gasteiger partial charge in [0.2, 0.25) is 0 Å². The number of halogens is 1. The van der Waals surface area contributed by atoms with Crippen LogP contribution in [0.1, 0.15) is 23.8 Å². The van der Waals surface area contributed by atoms with E-state index in [0.29, 0.717) is 6.54 Å². The van der Waals surface area contributed by atoms with Crippen molar-refractivity contribution in [1.29, 1.82) is 0 Å². The molecule has 0 atom stereocenters. The predicted molar refractivity (Wildman–Crippen MR) is 55.6 cm³/mol. The lowest BCUT2D eigenvalue weighted by atomic mass is 10.4. The maximum Gasteiger partial charge on any atom is 0.357 e. The van der Waals surface area contributed by atoms with E-state index in [1.54, 1.807) is 0 Å². The maximum atomic E-state index is 11.4. The normalized spacial score (nSPS) is 10.0. The van der Waals surface area contributed by atoms with E-state index in [9.17, 15) is 14.9 Å². The van der Waals surface area contributed by atoms with Crippen LogP contribution in [0.4, 0.5) is 5.82 Å². The molecule has 0 radical (unpaired) electrons. The van der Waals surface area contributed by atoms with Gasteiger partial charge in [-0.05, 0) is 27.3 Å². The van der Waals surface area contributed by atoms with Crippen LogP contribution in [0.3, 0.4) is 0 Å². The topological polar surface area (TPSA) is 101 Å². The summed E-state index contributed by atoms with van der Waals surface area (Å²) in [5.41, 5.74) is -0.00449. The molecule has 0 bridgehead atoms. The van der Waals surface area contributed by atoms with Crippen LogP contribution in [0.5, 0.6) is 0 Å². The minimum Gasteiger partial charge on any atom is -0.358 e. The Morgan fingerprint density at radius 3 is 2.87 bits per heavy atom. The largest absolute Gasteiger partial charge is 0.358 e. The van der Waals surface area contributed by atoms with Gasteiger partial charge in [0, 0.05) is 6.54 Å². The number of nitro groups is 1. The summed E-state index contributed by atoms with van der Waals surface area (Å²) < 4.78 is 0.0705. The molecule has 7 nitrogen and oxygen atoms in total. The first kappa shape index (κ1) is 11.6. The van der Waals surface area contributed by atoms with Crippen LogP contribution in [0.2, 0.25) is 0 Å². The van der Waals surface area contributed by atoms with Crippen molar-refractivity contribution in [2.24, 2.45) is 0 Å². The van der Waals surface area contributed by atoms with Crippen molar-refractivity contribution < 1.29 is 9.72 Å². The number of nitrogens with zero attached hydrogens (tertiary/aromatic N) is 2. The molecule has 0 aliphatic carbocycles. The van der Waals surface area contributed by atoms with Crippen LogP contribution in [0, 0.1) is 10.1 Å². The van der Waals surface area contributed by atoms with E-state index >= 15 is 0 Å². The Hall–Kier alpha value is -1.44. The monoisotopic (exact) mass is 276 g/mol. The molecule has 82 valence electrons. The van der Waals surface area contributed by atoms with Crippen molar-refractivity contribution in [1.82, 2.24) is 15.5 Å². The number of hydrogen-bond acceptors (Lipinski definition) is 4. The van der Waals surface area contributed by atoms with Crippen molar-refractivity contribution in [3.8, 4) is 0 Å². The lowest BCUT2D eigenvalue weighted by Crippen LogP contribution is -2.24. The van der Waals surface area contributed by atoms with Gasteiger partial charge in [0.05, 0.1) is 0 Å². The second-order valence-corrected chi connectivity index (χ2v) is 3.54. The van der Waals surface area contributed by atoms with Gasteiger partial charge in [-0.25, -0.2) is 0 Å². The Morgan fingerprint density at radius 1 is 1.73 bits per heavy atom. The number of amides is 1. The van der Waals surface area contributed by atoms with E-state index in [1.807, 2.05) is 6.92 Å². The van der Waals surface area contributed by atoms with Gasteiger partial charge in [-0.1, -0.05) is 12.0 Å². The third-order valence-electron chi connectivity index (χ3n) is 1.62. The highest BCUT2D eigenvalue weighted by Gasteiger charge is 2.24. The zero-order chi connectivity index (χ0) is 11.4. The highest BCUT2D eigenvalue weighted by molar-refractivity contribution is 9.10. The zero-order valence-corrected chi connectivity index (χ0v) is 9.50. The number of carbonyl (C=O) groups is 1. The molecular formula is C7H9BrN4O3. The Kier molecular flexibility index (Phi) is 3.78. The van der Waals surface area contributed by atoms with E-state index in [0.717, 1.165) is 6.42 Å². The number of aromatic amines is 1. The number of carbonyl (C=O) groups excluding carboxylic acids is 1. The molecule has 15 heavy (non-hydrogen) atoms. The Bertz CT molecular complexity index is 390. The lowest BCUT2D eigenvalue weighted by Gasteiger charge is -1.98. The first-order valence-corrected chi connectivity index (χ1v) is 5.03. The lowest BCUT2D eigenvalue weighted by molar-refractivity contribution is -0.390. The third kappa shape index (κ3) is 2.52. The number of nitrogens with one attached hydrogen (secondary N) is 2. The van der Waals surface area contributed by atoms with Gasteiger partial charge in [-0.2, -0.15) is 0 Å². The minimum absolute atomic E-state index is 0.00449.